The van der Waals surface area contributed by atoms with Crippen molar-refractivity contribution in [3.05, 3.63) is 155 Å². The third-order valence-corrected chi connectivity index (χ3v) is 7.62. The highest BCUT2D eigenvalue weighted by molar-refractivity contribution is 5.99. The monoisotopic (exact) mass is 515 g/mol. The second-order valence-corrected chi connectivity index (χ2v) is 10.3. The first-order valence-corrected chi connectivity index (χ1v) is 13.9. The van der Waals surface area contributed by atoms with E-state index < -0.39 is 0 Å². The first kappa shape index (κ1) is 25.4. The molecule has 1 heteroatoms. The summed E-state index contributed by atoms with van der Waals surface area (Å²) in [6, 6.07) is 43.5. The lowest BCUT2D eigenvalue weighted by Gasteiger charge is -2.15. The van der Waals surface area contributed by atoms with E-state index in [1.807, 2.05) is 0 Å². The lowest BCUT2D eigenvalue weighted by atomic mass is 9.96. The maximum absolute atomic E-state index is 2.42. The average Bonchev–Trinajstić information content (AvgIpc) is 3.30. The summed E-state index contributed by atoms with van der Waals surface area (Å²) in [5.41, 5.74) is 13.5. The van der Waals surface area contributed by atoms with Gasteiger partial charge in [0.25, 0.3) is 0 Å². The van der Waals surface area contributed by atoms with Crippen molar-refractivity contribution in [3.8, 4) is 27.9 Å². The summed E-state index contributed by atoms with van der Waals surface area (Å²) in [7, 11) is 0. The summed E-state index contributed by atoms with van der Waals surface area (Å²) in [5.74, 6) is 0. The van der Waals surface area contributed by atoms with E-state index in [1.54, 1.807) is 0 Å². The molecule has 5 aromatic carbocycles. The predicted octanol–water partition coefficient (Wildman–Crippen LogP) is 10.8. The first-order chi connectivity index (χ1) is 19.6. The summed E-state index contributed by atoms with van der Waals surface area (Å²) in [4.78, 5) is 0. The number of aromatic nitrogens is 1. The molecule has 0 saturated heterocycles. The standard InChI is InChI=1S/C39H33N/c1-4-13-38-36(23-20-30-15-7-5-8-16-30)37-24-21-32(31-17-9-6-10-18-31)27-39(37)40(38)33-22-25-35(29(3)26-33)34-19-12-11-14-28(34)2/h4-27H,1-3H3/b13-4-,23-20+. The number of nitrogens with zero attached hydrogens (tertiary/aromatic N) is 1. The molecule has 0 radical (unpaired) electrons. The lowest BCUT2D eigenvalue weighted by molar-refractivity contribution is 1.10. The van der Waals surface area contributed by atoms with Gasteiger partial charge in [0.1, 0.15) is 0 Å². The zero-order chi connectivity index (χ0) is 27.5. The average molecular weight is 516 g/mol. The predicted molar refractivity (Wildman–Crippen MR) is 174 cm³/mol. The van der Waals surface area contributed by atoms with Crippen LogP contribution in [0, 0.1) is 13.8 Å². The van der Waals surface area contributed by atoms with Gasteiger partial charge < -0.3 is 4.57 Å². The molecule has 1 heterocycles. The largest absolute Gasteiger partial charge is 0.309 e. The van der Waals surface area contributed by atoms with Crippen molar-refractivity contribution in [1.82, 2.24) is 4.57 Å². The third-order valence-electron chi connectivity index (χ3n) is 7.62. The van der Waals surface area contributed by atoms with E-state index in [2.05, 4.69) is 171 Å². The van der Waals surface area contributed by atoms with Crippen LogP contribution < -0.4 is 0 Å². The van der Waals surface area contributed by atoms with E-state index in [0.717, 1.165) is 5.69 Å². The van der Waals surface area contributed by atoms with Crippen LogP contribution in [0.5, 0.6) is 0 Å². The van der Waals surface area contributed by atoms with Crippen LogP contribution in [0.2, 0.25) is 0 Å². The summed E-state index contributed by atoms with van der Waals surface area (Å²) >= 11 is 0. The second-order valence-electron chi connectivity index (χ2n) is 10.3. The molecule has 0 aliphatic heterocycles. The zero-order valence-corrected chi connectivity index (χ0v) is 23.3. The van der Waals surface area contributed by atoms with Crippen molar-refractivity contribution < 1.29 is 0 Å². The minimum absolute atomic E-state index is 1.16. The van der Waals surface area contributed by atoms with Gasteiger partial charge in [-0.05, 0) is 84.0 Å². The molecule has 6 aromatic rings. The van der Waals surface area contributed by atoms with E-state index >= 15 is 0 Å². The van der Waals surface area contributed by atoms with Gasteiger partial charge in [-0.25, -0.2) is 0 Å². The van der Waals surface area contributed by atoms with Crippen LogP contribution >= 0.6 is 0 Å². The van der Waals surface area contributed by atoms with E-state index in [1.165, 1.54) is 61.1 Å². The topological polar surface area (TPSA) is 4.93 Å². The molecule has 0 spiro atoms. The van der Waals surface area contributed by atoms with Gasteiger partial charge in [0.05, 0.1) is 11.2 Å². The number of hydrogen-bond acceptors (Lipinski definition) is 0. The van der Waals surface area contributed by atoms with E-state index in [0.29, 0.717) is 0 Å². The van der Waals surface area contributed by atoms with Crippen LogP contribution in [0.4, 0.5) is 0 Å². The summed E-state index contributed by atoms with van der Waals surface area (Å²) < 4.78 is 2.42. The highest BCUT2D eigenvalue weighted by Crippen LogP contribution is 2.36. The number of hydrogen-bond donors (Lipinski definition) is 0. The summed E-state index contributed by atoms with van der Waals surface area (Å²) in [5, 5.41) is 1.24. The van der Waals surface area contributed by atoms with Gasteiger partial charge in [-0.1, -0.05) is 121 Å². The Balaban J connectivity index is 1.59. The van der Waals surface area contributed by atoms with Gasteiger partial charge in [0.2, 0.25) is 0 Å². The van der Waals surface area contributed by atoms with Crippen LogP contribution in [-0.4, -0.2) is 4.57 Å². The fourth-order valence-electron chi connectivity index (χ4n) is 5.63. The molecule has 0 aliphatic rings. The summed E-state index contributed by atoms with van der Waals surface area (Å²) in [6.45, 7) is 6.50. The Kier molecular flexibility index (Phi) is 7.04. The second kappa shape index (κ2) is 11.1. The smallest absolute Gasteiger partial charge is 0.0547 e. The number of rotatable bonds is 6. The van der Waals surface area contributed by atoms with Crippen molar-refractivity contribution in [3.63, 3.8) is 0 Å². The van der Waals surface area contributed by atoms with E-state index in [-0.39, 0.29) is 0 Å². The molecule has 1 nitrogen and oxygen atoms in total. The van der Waals surface area contributed by atoms with Gasteiger partial charge in [-0.3, -0.25) is 0 Å². The van der Waals surface area contributed by atoms with Crippen molar-refractivity contribution in [2.24, 2.45) is 0 Å². The maximum atomic E-state index is 2.42. The fraction of sp³-hybridized carbons (Fsp3) is 0.0769. The van der Waals surface area contributed by atoms with E-state index in [9.17, 15) is 0 Å². The zero-order valence-electron chi connectivity index (χ0n) is 23.3. The molecule has 0 N–H and O–H groups in total. The highest BCUT2D eigenvalue weighted by Gasteiger charge is 2.17. The van der Waals surface area contributed by atoms with E-state index in [4.69, 9.17) is 0 Å². The molecular weight excluding hydrogens is 482 g/mol. The molecule has 0 atom stereocenters. The van der Waals surface area contributed by atoms with Gasteiger partial charge in [0.15, 0.2) is 0 Å². The molecule has 0 saturated carbocycles. The lowest BCUT2D eigenvalue weighted by Crippen LogP contribution is -1.99. The minimum atomic E-state index is 1.16. The van der Waals surface area contributed by atoms with Gasteiger partial charge in [-0.2, -0.15) is 0 Å². The Morgan fingerprint density at radius 2 is 1.25 bits per heavy atom. The van der Waals surface area contributed by atoms with Crippen molar-refractivity contribution >= 4 is 29.1 Å². The Hall–Kier alpha value is -4.88. The normalized spacial score (nSPS) is 11.7. The number of allylic oxidation sites excluding steroid dienone is 1. The van der Waals surface area contributed by atoms with Gasteiger partial charge in [-0.15, -0.1) is 0 Å². The maximum Gasteiger partial charge on any atom is 0.0547 e. The van der Waals surface area contributed by atoms with Crippen molar-refractivity contribution in [1.29, 1.82) is 0 Å². The molecule has 6 rings (SSSR count). The molecule has 0 aliphatic carbocycles. The van der Waals surface area contributed by atoms with Crippen LogP contribution in [-0.2, 0) is 0 Å². The van der Waals surface area contributed by atoms with Crippen LogP contribution in [0.25, 0.3) is 57.1 Å². The molecule has 40 heavy (non-hydrogen) atoms. The molecule has 0 amide bonds. The van der Waals surface area contributed by atoms with Crippen molar-refractivity contribution in [2.45, 2.75) is 20.8 Å². The third kappa shape index (κ3) is 4.83. The molecule has 0 unspecified atom stereocenters. The van der Waals surface area contributed by atoms with Crippen LogP contribution in [0.1, 0.15) is 34.9 Å². The highest BCUT2D eigenvalue weighted by atomic mass is 15.0. The van der Waals surface area contributed by atoms with Crippen LogP contribution in [0.15, 0.2) is 127 Å². The number of aryl methyl sites for hydroxylation is 2. The van der Waals surface area contributed by atoms with Gasteiger partial charge >= 0.3 is 0 Å². The van der Waals surface area contributed by atoms with Gasteiger partial charge in [0, 0.05) is 16.6 Å². The molecule has 0 bridgehead atoms. The molecule has 1 aromatic heterocycles. The summed E-state index contributed by atoms with van der Waals surface area (Å²) in [6.07, 6.45) is 8.85. The number of fused-ring (bicyclic) bond motifs is 1. The Bertz CT molecular complexity index is 1850. The van der Waals surface area contributed by atoms with Crippen LogP contribution in [0.3, 0.4) is 0 Å². The van der Waals surface area contributed by atoms with Crippen molar-refractivity contribution in [2.75, 3.05) is 0 Å². The molecule has 194 valence electrons. The molecular formula is C39H33N. The number of benzene rings is 5. The fourth-order valence-corrected chi connectivity index (χ4v) is 5.63. The first-order valence-electron chi connectivity index (χ1n) is 13.9. The quantitative estimate of drug-likeness (QED) is 0.208. The Morgan fingerprint density at radius 1 is 0.550 bits per heavy atom. The SMILES string of the molecule is C/C=C\c1c(/C=C/c2ccccc2)c2ccc(-c3ccccc3)cc2n1-c1ccc(-c2ccccc2C)c(C)c1. The minimum Gasteiger partial charge on any atom is -0.309 e. The Morgan fingerprint density at radius 3 is 1.98 bits per heavy atom. The molecule has 0 fully saturated rings. The Labute approximate surface area is 237 Å².